The summed E-state index contributed by atoms with van der Waals surface area (Å²) in [4.78, 5) is 17.8. The Morgan fingerprint density at radius 2 is 0.279 bits per heavy atom. The highest BCUT2D eigenvalue weighted by atomic mass is 28.5. The molecule has 0 bridgehead atoms. The first-order valence-corrected chi connectivity index (χ1v) is 86.7. The Morgan fingerprint density at radius 3 is 0.388 bits per heavy atom. The second-order valence-electron chi connectivity index (χ2n) is 59.3. The molecule has 8 atom stereocenters. The minimum absolute atomic E-state index is 0.0148. The van der Waals surface area contributed by atoms with Gasteiger partial charge in [-0.1, -0.05) is 0 Å². The third-order valence-electron chi connectivity index (χ3n) is 36.7. The van der Waals surface area contributed by atoms with Crippen molar-refractivity contribution in [2.45, 2.75) is 595 Å². The van der Waals surface area contributed by atoms with Crippen molar-refractivity contribution in [3.8, 4) is 0 Å². The van der Waals surface area contributed by atoms with Crippen molar-refractivity contribution in [3.05, 3.63) is 0 Å². The molecule has 0 saturated carbocycles. The van der Waals surface area contributed by atoms with Gasteiger partial charge in [-0.2, -0.15) is 0 Å². The predicted molar refractivity (Wildman–Crippen MR) is 636 cm³/mol. The Hall–Kier alpha value is 1.35. The van der Waals surface area contributed by atoms with Gasteiger partial charge in [0.15, 0.2) is 16.6 Å². The van der Waals surface area contributed by atoms with E-state index in [-0.39, 0.29) is 120 Å². The maximum atomic E-state index is 8.89. The van der Waals surface area contributed by atoms with Gasteiger partial charge in [0.1, 0.15) is 0 Å². The standard InChI is InChI=1S/C110H237N7O19Si11/c1-97(2)76-90(77-98(3,4)111(97)29)121-60-53-67-139(45,128-137(39,40)41)130-140(46,68-54-61-122-91-78-99(5,6)112(30)100(7,8)79-91)131-141(47,69-55-62-123-92-80-101(9,10)113(31)102(11,12)81-92)132-142(48,70-56-63-124-93-82-103(13,14)114(32)104(15,16)83-93)133-143(49,71-57-64-125-94-84-105(17,18)115(33)106(19,20)85-94)134-144(50,72-58-65-126-95-86-107(21,22)116(34)108(23,24)87-95)135-145(51,73-59-66-127-96-88-109(25,26)117(35)110(27,28)89-96)136-146(52,129-138(42,43)44)74-75-147(118-36,119-37)120-38/h90-96H,53-89H2,1-52H3. The first kappa shape index (κ1) is 135. The third kappa shape index (κ3) is 39.3. The largest absolute Gasteiger partial charge is 0.500 e. The summed E-state index contributed by atoms with van der Waals surface area (Å²) in [6.07, 6.45) is 18.6. The minimum atomic E-state index is -3.78. The van der Waals surface area contributed by atoms with E-state index in [0.29, 0.717) is 127 Å². The van der Waals surface area contributed by atoms with Crippen LogP contribution in [0.5, 0.6) is 0 Å². The van der Waals surface area contributed by atoms with E-state index in [9.17, 15) is 0 Å². The zero-order valence-corrected chi connectivity index (χ0v) is 117. The van der Waals surface area contributed by atoms with E-state index in [1.165, 1.54) is 0 Å². The lowest BCUT2D eigenvalue weighted by Gasteiger charge is -2.53. The second kappa shape index (κ2) is 50.8. The molecule has 0 aliphatic carbocycles. The number of hydrogen-bond donors (Lipinski definition) is 0. The predicted octanol–water partition coefficient (Wildman–Crippen LogP) is 25.7. The van der Waals surface area contributed by atoms with Gasteiger partial charge in [-0.25, -0.2) is 0 Å². The topological polar surface area (TPSA) is 198 Å². The molecule has 7 rings (SSSR count). The number of rotatable bonds is 59. The van der Waals surface area contributed by atoms with Crippen LogP contribution in [0, 0.1) is 0 Å². The fraction of sp³-hybridized carbons (Fsp3) is 1.00. The molecule has 870 valence electrons. The van der Waals surface area contributed by atoms with Crippen LogP contribution >= 0.6 is 0 Å². The van der Waals surface area contributed by atoms with Gasteiger partial charge in [-0.3, -0.25) is 34.3 Å². The summed E-state index contributed by atoms with van der Waals surface area (Å²) in [6.45, 7) is 103. The van der Waals surface area contributed by atoms with E-state index in [4.69, 9.17) is 83.5 Å². The zero-order chi connectivity index (χ0) is 112. The van der Waals surface area contributed by atoms with Gasteiger partial charge in [0, 0.05) is 151 Å². The highest BCUT2D eigenvalue weighted by molar-refractivity contribution is 6.94. The van der Waals surface area contributed by atoms with E-state index < -0.39 is 93.9 Å². The maximum Gasteiger partial charge on any atom is 0.500 e. The first-order valence-electron chi connectivity index (χ1n) is 57.8. The third-order valence-corrected chi connectivity index (χ3v) is 82.4. The Bertz CT molecular complexity index is 3900. The van der Waals surface area contributed by atoms with Crippen LogP contribution < -0.4 is 0 Å². The van der Waals surface area contributed by atoms with Crippen LogP contribution in [-0.4, -0.2) is 365 Å². The molecule has 147 heavy (non-hydrogen) atoms. The number of hydrogen-bond acceptors (Lipinski definition) is 26. The molecule has 7 heterocycles. The van der Waals surface area contributed by atoms with Gasteiger partial charge in [0.2, 0.25) is 0 Å². The van der Waals surface area contributed by atoms with Crippen molar-refractivity contribution in [2.24, 2.45) is 0 Å². The van der Waals surface area contributed by atoms with Gasteiger partial charge >= 0.3 is 77.3 Å². The molecule has 0 spiro atoms. The van der Waals surface area contributed by atoms with Gasteiger partial charge in [0.05, 0.1) is 42.7 Å². The molecule has 8 unspecified atom stereocenters. The summed E-state index contributed by atoms with van der Waals surface area (Å²) in [5.41, 5.74) is -0.864. The molecule has 37 heteroatoms. The number of ether oxygens (including phenoxy) is 7. The highest BCUT2D eigenvalue weighted by Gasteiger charge is 2.61. The summed E-state index contributed by atoms with van der Waals surface area (Å²) in [6, 6.07) is 5.56. The Labute approximate surface area is 917 Å². The van der Waals surface area contributed by atoms with E-state index >= 15 is 0 Å². The van der Waals surface area contributed by atoms with Crippen LogP contribution in [-0.2, 0) is 83.5 Å². The van der Waals surface area contributed by atoms with E-state index in [0.717, 1.165) is 109 Å². The Balaban J connectivity index is 1.50. The fourth-order valence-corrected chi connectivity index (χ4v) is 84.2. The normalized spacial score (nSPS) is 27.3. The average Bonchev–Trinajstić information content (AvgIpc) is 0.514. The molecule has 7 aliphatic rings. The molecule has 7 saturated heterocycles. The number of nitrogens with zero attached hydrogens (tertiary/aromatic N) is 7. The van der Waals surface area contributed by atoms with E-state index in [1.54, 1.807) is 21.3 Å². The lowest BCUT2D eigenvalue weighted by atomic mass is 9.79. The Morgan fingerprint density at radius 1 is 0.170 bits per heavy atom. The molecule has 0 amide bonds. The van der Waals surface area contributed by atoms with Crippen LogP contribution in [0.1, 0.15) is 329 Å². The lowest BCUT2D eigenvalue weighted by molar-refractivity contribution is -0.0917. The van der Waals surface area contributed by atoms with Gasteiger partial charge in [0.25, 0.3) is 0 Å². The van der Waals surface area contributed by atoms with Crippen LogP contribution in [0.2, 0.25) is 146 Å². The molecule has 0 radical (unpaired) electrons. The fourth-order valence-electron chi connectivity index (χ4n) is 27.7. The summed E-state index contributed by atoms with van der Waals surface area (Å²) in [7, 11) is -15.5. The van der Waals surface area contributed by atoms with E-state index in [2.05, 4.69) is 369 Å². The van der Waals surface area contributed by atoms with Crippen molar-refractivity contribution >= 4 is 93.9 Å². The summed E-state index contributed by atoms with van der Waals surface area (Å²) in [5.74, 6) is 0. The lowest BCUT2D eigenvalue weighted by Crippen LogP contribution is -2.65. The van der Waals surface area contributed by atoms with E-state index in [1.807, 2.05) is 0 Å². The zero-order valence-electron chi connectivity index (χ0n) is 106. The molecule has 26 nitrogen and oxygen atoms in total. The van der Waals surface area contributed by atoms with Crippen molar-refractivity contribution in [3.63, 3.8) is 0 Å². The quantitative estimate of drug-likeness (QED) is 0.0411. The van der Waals surface area contributed by atoms with Crippen LogP contribution in [0.3, 0.4) is 0 Å². The van der Waals surface area contributed by atoms with Crippen molar-refractivity contribution < 1.29 is 83.5 Å². The molecule has 7 fully saturated rings. The summed E-state index contributed by atoms with van der Waals surface area (Å²) >= 11 is 0. The number of piperidine rings is 7. The monoisotopic (exact) mass is 2270 g/mol. The first-order chi connectivity index (χ1) is 66.3. The second-order valence-corrected chi connectivity index (χ2v) is 100. The minimum Gasteiger partial charge on any atom is -0.437 e. The molecular formula is C110H237N7O19Si11. The van der Waals surface area contributed by atoms with Crippen LogP contribution in [0.25, 0.3) is 0 Å². The molecule has 0 aromatic carbocycles. The molecule has 0 aromatic heterocycles. The number of likely N-dealkylation sites (tertiary alicyclic amines) is 7. The van der Waals surface area contributed by atoms with Crippen molar-refractivity contribution in [2.75, 3.05) is 117 Å². The maximum absolute atomic E-state index is 8.89. The van der Waals surface area contributed by atoms with Crippen molar-refractivity contribution in [1.82, 2.24) is 34.3 Å². The molecule has 0 N–H and O–H groups in total. The molecule has 7 aliphatic heterocycles. The van der Waals surface area contributed by atoms with Crippen molar-refractivity contribution in [1.29, 1.82) is 0 Å². The van der Waals surface area contributed by atoms with Crippen LogP contribution in [0.4, 0.5) is 0 Å². The van der Waals surface area contributed by atoms with Crippen LogP contribution in [0.15, 0.2) is 0 Å². The van der Waals surface area contributed by atoms with Gasteiger partial charge < -0.3 is 83.5 Å². The van der Waals surface area contributed by atoms with Gasteiger partial charge in [-0.15, -0.1) is 0 Å². The smallest absolute Gasteiger partial charge is 0.437 e. The summed E-state index contributed by atoms with van der Waals surface area (Å²) in [5, 5.41) is 0. The van der Waals surface area contributed by atoms with Gasteiger partial charge in [-0.05, 0) is 518 Å². The molecule has 0 aromatic rings. The SMILES string of the molecule is CO[Si](CC[Si](C)(O[Si](C)(C)C)O[Si](C)(CCCOC1CC(C)(C)N(C)C(C)(C)C1)O[Si](C)(CCCOC1CC(C)(C)N(C)C(C)(C)C1)O[Si](C)(CCCOC1CC(C)(C)N(C)C(C)(C)C1)O[Si](C)(CCCOC1CC(C)(C)N(C)C(C)(C)C1)O[Si](C)(CCCOC1CC(C)(C)N(C)C(C)(C)C1)O[Si](C)(CCCOC1CC(C)(C)N(C)C(C)(C)C1)O[Si](C)(CCCOC1CC(C)(C)N(C)C(C)(C)C1)O[Si](C)(C)C)(OC)OC. The average molecular weight is 2270 g/mol. The molecular weight excluding hydrogens is 2030 g/mol. The summed E-state index contributed by atoms with van der Waals surface area (Å²) < 4.78 is 146. The highest BCUT2D eigenvalue weighted by Crippen LogP contribution is 2.50. The Kier molecular flexibility index (Phi) is 46.7.